The summed E-state index contributed by atoms with van der Waals surface area (Å²) < 4.78 is 13.6. The van der Waals surface area contributed by atoms with Crippen LogP contribution < -0.4 is 5.32 Å². The number of amides is 2. The summed E-state index contributed by atoms with van der Waals surface area (Å²) in [5.41, 5.74) is 1.12. The Bertz CT molecular complexity index is 861. The van der Waals surface area contributed by atoms with Crippen molar-refractivity contribution < 1.29 is 14.0 Å². The summed E-state index contributed by atoms with van der Waals surface area (Å²) in [5, 5.41) is 3.53. The van der Waals surface area contributed by atoms with Crippen LogP contribution >= 0.6 is 11.8 Å². The fourth-order valence-corrected chi connectivity index (χ4v) is 4.17. The zero-order valence-electron chi connectivity index (χ0n) is 16.6. The average Bonchev–Trinajstić information content (AvgIpc) is 2.76. The molecular weight excluding hydrogens is 389 g/mol. The van der Waals surface area contributed by atoms with Crippen molar-refractivity contribution in [1.82, 2.24) is 15.2 Å². The van der Waals surface area contributed by atoms with Crippen LogP contribution in [0.2, 0.25) is 0 Å². The molecule has 1 N–H and O–H groups in total. The third-order valence-electron chi connectivity index (χ3n) is 5.21. The number of piperidine rings is 1. The molecule has 1 aromatic heterocycles. The standard InChI is InChI=1S/C22H26FN3O2S/c1-29-21-18(8-4-12-24-21)22(28)26-13-5-6-16(15-26)10-11-20(27)25-14-17-7-2-3-9-19(17)23/h2-4,7-9,12,16H,5-6,10-11,13-15H2,1H3,(H,25,27)/t16-/m1/s1. The molecule has 1 aliphatic rings. The van der Waals surface area contributed by atoms with Crippen molar-refractivity contribution in [2.75, 3.05) is 19.3 Å². The summed E-state index contributed by atoms with van der Waals surface area (Å²) in [4.78, 5) is 31.2. The van der Waals surface area contributed by atoms with Gasteiger partial charge in [-0.25, -0.2) is 9.37 Å². The second-order valence-electron chi connectivity index (χ2n) is 7.23. The molecule has 2 aromatic rings. The molecule has 3 rings (SSSR count). The average molecular weight is 416 g/mol. The van der Waals surface area contributed by atoms with Crippen molar-refractivity contribution in [2.24, 2.45) is 5.92 Å². The summed E-state index contributed by atoms with van der Waals surface area (Å²) in [7, 11) is 0. The van der Waals surface area contributed by atoms with Crippen LogP contribution in [0.3, 0.4) is 0 Å². The molecule has 29 heavy (non-hydrogen) atoms. The Kier molecular flexibility index (Phi) is 7.63. The quantitative estimate of drug-likeness (QED) is 0.697. The van der Waals surface area contributed by atoms with E-state index in [2.05, 4.69) is 10.3 Å². The monoisotopic (exact) mass is 415 g/mol. The van der Waals surface area contributed by atoms with Gasteiger partial charge in [0, 0.05) is 37.8 Å². The maximum absolute atomic E-state index is 13.6. The van der Waals surface area contributed by atoms with Crippen molar-refractivity contribution >= 4 is 23.6 Å². The van der Waals surface area contributed by atoms with Crippen LogP contribution in [0.15, 0.2) is 47.6 Å². The van der Waals surface area contributed by atoms with Crippen molar-refractivity contribution in [3.63, 3.8) is 0 Å². The first-order valence-electron chi connectivity index (χ1n) is 9.87. The van der Waals surface area contributed by atoms with Gasteiger partial charge in [0.15, 0.2) is 0 Å². The molecule has 7 heteroatoms. The van der Waals surface area contributed by atoms with E-state index in [4.69, 9.17) is 0 Å². The summed E-state index contributed by atoms with van der Waals surface area (Å²) in [6.07, 6.45) is 6.65. The van der Waals surface area contributed by atoms with Crippen LogP contribution in [-0.2, 0) is 11.3 Å². The van der Waals surface area contributed by atoms with Gasteiger partial charge in [-0.2, -0.15) is 0 Å². The minimum Gasteiger partial charge on any atom is -0.352 e. The number of hydrogen-bond acceptors (Lipinski definition) is 4. The van der Waals surface area contributed by atoms with Gasteiger partial charge in [0.05, 0.1) is 5.56 Å². The summed E-state index contributed by atoms with van der Waals surface area (Å²) in [5.74, 6) is -0.0969. The van der Waals surface area contributed by atoms with Crippen LogP contribution in [-0.4, -0.2) is 41.0 Å². The van der Waals surface area contributed by atoms with E-state index in [1.807, 2.05) is 17.2 Å². The van der Waals surface area contributed by atoms with Crippen LogP contribution in [0.5, 0.6) is 0 Å². The molecule has 0 spiro atoms. The number of rotatable bonds is 7. The van der Waals surface area contributed by atoms with E-state index in [9.17, 15) is 14.0 Å². The number of thioether (sulfide) groups is 1. The Balaban J connectivity index is 1.49. The number of benzene rings is 1. The maximum atomic E-state index is 13.6. The highest BCUT2D eigenvalue weighted by atomic mass is 32.2. The van der Waals surface area contributed by atoms with Gasteiger partial charge in [0.25, 0.3) is 5.91 Å². The van der Waals surface area contributed by atoms with Gasteiger partial charge in [-0.15, -0.1) is 11.8 Å². The van der Waals surface area contributed by atoms with Gasteiger partial charge >= 0.3 is 0 Å². The maximum Gasteiger partial charge on any atom is 0.256 e. The Morgan fingerprint density at radius 1 is 1.28 bits per heavy atom. The number of nitrogens with zero attached hydrogens (tertiary/aromatic N) is 2. The molecule has 1 fully saturated rings. The second kappa shape index (κ2) is 10.4. The summed E-state index contributed by atoms with van der Waals surface area (Å²) in [6, 6.07) is 10.0. The molecule has 1 aliphatic heterocycles. The Morgan fingerprint density at radius 2 is 2.10 bits per heavy atom. The van der Waals surface area contributed by atoms with E-state index in [0.29, 0.717) is 30.0 Å². The molecule has 1 atom stereocenters. The fraction of sp³-hybridized carbons (Fsp3) is 0.409. The smallest absolute Gasteiger partial charge is 0.256 e. The van der Waals surface area contributed by atoms with Crippen LogP contribution in [0.1, 0.15) is 41.6 Å². The number of pyridine rings is 1. The van der Waals surface area contributed by atoms with Crippen molar-refractivity contribution in [3.8, 4) is 0 Å². The Hall–Kier alpha value is -2.41. The highest BCUT2D eigenvalue weighted by Crippen LogP contribution is 2.25. The highest BCUT2D eigenvalue weighted by Gasteiger charge is 2.26. The number of nitrogens with one attached hydrogen (secondary N) is 1. The SMILES string of the molecule is CSc1ncccc1C(=O)N1CCC[C@H](CCC(=O)NCc2ccccc2F)C1. The van der Waals surface area contributed by atoms with E-state index in [1.54, 1.807) is 30.5 Å². The molecule has 2 heterocycles. The van der Waals surface area contributed by atoms with Crippen LogP contribution in [0.4, 0.5) is 4.39 Å². The van der Waals surface area contributed by atoms with Crippen molar-refractivity contribution in [3.05, 3.63) is 59.5 Å². The lowest BCUT2D eigenvalue weighted by Crippen LogP contribution is -2.40. The Morgan fingerprint density at radius 3 is 2.90 bits per heavy atom. The van der Waals surface area contributed by atoms with E-state index in [-0.39, 0.29) is 24.2 Å². The lowest BCUT2D eigenvalue weighted by Gasteiger charge is -2.33. The zero-order valence-corrected chi connectivity index (χ0v) is 17.4. The Labute approximate surface area is 175 Å². The second-order valence-corrected chi connectivity index (χ2v) is 8.02. The summed E-state index contributed by atoms with van der Waals surface area (Å²) >= 11 is 1.47. The molecule has 0 bridgehead atoms. The predicted octanol–water partition coefficient (Wildman–Crippen LogP) is 3.89. The van der Waals surface area contributed by atoms with Crippen molar-refractivity contribution in [2.45, 2.75) is 37.3 Å². The van der Waals surface area contributed by atoms with Gasteiger partial charge in [-0.3, -0.25) is 9.59 Å². The van der Waals surface area contributed by atoms with Crippen molar-refractivity contribution in [1.29, 1.82) is 0 Å². The van der Waals surface area contributed by atoms with E-state index in [1.165, 1.54) is 17.8 Å². The van der Waals surface area contributed by atoms with Gasteiger partial charge in [-0.05, 0) is 49.6 Å². The predicted molar refractivity (Wildman–Crippen MR) is 112 cm³/mol. The van der Waals surface area contributed by atoms with Gasteiger partial charge in [-0.1, -0.05) is 18.2 Å². The fourth-order valence-electron chi connectivity index (χ4n) is 3.63. The minimum atomic E-state index is -0.311. The largest absolute Gasteiger partial charge is 0.352 e. The van der Waals surface area contributed by atoms with Crippen LogP contribution in [0, 0.1) is 11.7 Å². The number of carbonyl (C=O) groups is 2. The molecule has 0 aliphatic carbocycles. The number of likely N-dealkylation sites (tertiary alicyclic amines) is 1. The minimum absolute atomic E-state index is 0.0103. The third-order valence-corrected chi connectivity index (χ3v) is 5.93. The van der Waals surface area contributed by atoms with E-state index >= 15 is 0 Å². The molecular formula is C22H26FN3O2S. The first-order valence-corrected chi connectivity index (χ1v) is 11.1. The third kappa shape index (κ3) is 5.79. The lowest BCUT2D eigenvalue weighted by atomic mass is 9.93. The van der Waals surface area contributed by atoms with E-state index in [0.717, 1.165) is 30.8 Å². The zero-order chi connectivity index (χ0) is 20.6. The molecule has 0 radical (unpaired) electrons. The number of hydrogen-bond donors (Lipinski definition) is 1. The molecule has 5 nitrogen and oxygen atoms in total. The molecule has 1 aromatic carbocycles. The topological polar surface area (TPSA) is 62.3 Å². The first kappa shape index (κ1) is 21.3. The van der Waals surface area contributed by atoms with Gasteiger partial charge in [0.1, 0.15) is 10.8 Å². The molecule has 2 amide bonds. The lowest BCUT2D eigenvalue weighted by molar-refractivity contribution is -0.121. The van der Waals surface area contributed by atoms with Gasteiger partial charge < -0.3 is 10.2 Å². The number of halogens is 1. The highest BCUT2D eigenvalue weighted by molar-refractivity contribution is 7.98. The van der Waals surface area contributed by atoms with Crippen LogP contribution in [0.25, 0.3) is 0 Å². The van der Waals surface area contributed by atoms with E-state index < -0.39 is 0 Å². The molecule has 1 saturated heterocycles. The van der Waals surface area contributed by atoms with Gasteiger partial charge in [0.2, 0.25) is 5.91 Å². The first-order chi connectivity index (χ1) is 14.1. The number of carbonyl (C=O) groups excluding carboxylic acids is 2. The molecule has 0 saturated carbocycles. The molecule has 154 valence electrons. The molecule has 0 unspecified atom stereocenters. The normalized spacial score (nSPS) is 16.5. The summed E-state index contributed by atoms with van der Waals surface area (Å²) in [6.45, 7) is 1.58. The number of aromatic nitrogens is 1.